The highest BCUT2D eigenvalue weighted by Crippen LogP contribution is 2.34. The van der Waals surface area contributed by atoms with Crippen LogP contribution in [0, 0.1) is 6.92 Å². The Morgan fingerprint density at radius 2 is 1.84 bits per heavy atom. The maximum Gasteiger partial charge on any atom is 0.232 e. The molecule has 1 aliphatic carbocycles. The third-order valence-corrected chi connectivity index (χ3v) is 5.31. The molecule has 1 N–H and O–H groups in total. The van der Waals surface area contributed by atoms with E-state index in [1.807, 2.05) is 31.2 Å². The molecule has 0 spiro atoms. The van der Waals surface area contributed by atoms with Crippen molar-refractivity contribution < 1.29 is 13.2 Å². The lowest BCUT2D eigenvalue weighted by Crippen LogP contribution is -2.31. The third kappa shape index (κ3) is 4.60. The van der Waals surface area contributed by atoms with Gasteiger partial charge in [0.15, 0.2) is 0 Å². The van der Waals surface area contributed by atoms with Gasteiger partial charge in [0.25, 0.3) is 0 Å². The lowest BCUT2D eigenvalue weighted by atomic mass is 10.1. The Bertz CT molecular complexity index is 872. The highest BCUT2D eigenvalue weighted by atomic mass is 32.2. The molecule has 0 aromatic heterocycles. The van der Waals surface area contributed by atoms with Crippen molar-refractivity contribution in [1.29, 1.82) is 0 Å². The average molecular weight is 358 g/mol. The van der Waals surface area contributed by atoms with E-state index < -0.39 is 10.0 Å². The number of hydrogen-bond donors (Lipinski definition) is 1. The number of aryl methyl sites for hydroxylation is 1. The first kappa shape index (κ1) is 17.5. The van der Waals surface area contributed by atoms with E-state index in [9.17, 15) is 13.2 Å². The molecule has 0 radical (unpaired) electrons. The van der Waals surface area contributed by atoms with Gasteiger partial charge in [0.2, 0.25) is 15.9 Å². The molecule has 2 aromatic rings. The molecule has 0 saturated heterocycles. The van der Waals surface area contributed by atoms with Crippen LogP contribution in [-0.4, -0.2) is 26.6 Å². The first-order valence-electron chi connectivity index (χ1n) is 8.28. The zero-order valence-corrected chi connectivity index (χ0v) is 15.2. The molecule has 3 rings (SSSR count). The van der Waals surface area contributed by atoms with Crippen molar-refractivity contribution >= 4 is 27.3 Å². The van der Waals surface area contributed by atoms with Crippen molar-refractivity contribution in [3.05, 3.63) is 59.7 Å². The van der Waals surface area contributed by atoms with Crippen LogP contribution in [0.2, 0.25) is 0 Å². The van der Waals surface area contributed by atoms with Crippen LogP contribution >= 0.6 is 0 Å². The summed E-state index contributed by atoms with van der Waals surface area (Å²) in [4.78, 5) is 12.2. The molecule has 6 heteroatoms. The molecule has 132 valence electrons. The highest BCUT2D eigenvalue weighted by Gasteiger charge is 2.35. The summed E-state index contributed by atoms with van der Waals surface area (Å²) in [5, 5.41) is 2.85. The van der Waals surface area contributed by atoms with Crippen molar-refractivity contribution in [2.75, 3.05) is 15.9 Å². The van der Waals surface area contributed by atoms with Gasteiger partial charge in [-0.25, -0.2) is 8.42 Å². The van der Waals surface area contributed by atoms with E-state index in [2.05, 4.69) is 5.32 Å². The van der Waals surface area contributed by atoms with Crippen molar-refractivity contribution in [2.24, 2.45) is 0 Å². The predicted octanol–water partition coefficient (Wildman–Crippen LogP) is 3.10. The number of rotatable bonds is 6. The van der Waals surface area contributed by atoms with Gasteiger partial charge in [0, 0.05) is 11.7 Å². The molecule has 0 unspecified atom stereocenters. The molecule has 0 atom stereocenters. The number of benzene rings is 2. The molecule has 1 aliphatic rings. The van der Waals surface area contributed by atoms with Crippen molar-refractivity contribution in [1.82, 2.24) is 0 Å². The quantitative estimate of drug-likeness (QED) is 0.863. The lowest BCUT2D eigenvalue weighted by Gasteiger charge is -2.22. The van der Waals surface area contributed by atoms with Gasteiger partial charge < -0.3 is 5.32 Å². The van der Waals surface area contributed by atoms with Crippen LogP contribution in [0.4, 0.5) is 11.4 Å². The normalized spacial score (nSPS) is 14.2. The fraction of sp³-hybridized carbons (Fsp3) is 0.316. The van der Waals surface area contributed by atoms with E-state index in [4.69, 9.17) is 0 Å². The summed E-state index contributed by atoms with van der Waals surface area (Å²) in [5.74, 6) is -0.0967. The minimum atomic E-state index is -3.29. The van der Waals surface area contributed by atoms with Gasteiger partial charge in [-0.05, 0) is 49.6 Å². The van der Waals surface area contributed by atoms with Gasteiger partial charge in [0.05, 0.1) is 18.4 Å². The molecular formula is C19H22N2O3S. The van der Waals surface area contributed by atoms with Crippen LogP contribution in [0.5, 0.6) is 0 Å². The second-order valence-corrected chi connectivity index (χ2v) is 8.41. The molecular weight excluding hydrogens is 336 g/mol. The predicted molar refractivity (Wildman–Crippen MR) is 100 cm³/mol. The van der Waals surface area contributed by atoms with Gasteiger partial charge in [-0.2, -0.15) is 0 Å². The fourth-order valence-electron chi connectivity index (χ4n) is 2.89. The summed E-state index contributed by atoms with van der Waals surface area (Å²) in [6.07, 6.45) is 3.31. The van der Waals surface area contributed by atoms with E-state index in [1.54, 1.807) is 24.3 Å². The van der Waals surface area contributed by atoms with E-state index in [0.717, 1.165) is 24.0 Å². The number of nitrogens with zero attached hydrogens (tertiary/aromatic N) is 1. The number of hydrogen-bond acceptors (Lipinski definition) is 3. The molecule has 2 aromatic carbocycles. The molecule has 1 amide bonds. The number of sulfonamides is 1. The van der Waals surface area contributed by atoms with Gasteiger partial charge >= 0.3 is 0 Å². The number of carbonyl (C=O) groups is 1. The van der Waals surface area contributed by atoms with Crippen LogP contribution in [0.15, 0.2) is 48.5 Å². The van der Waals surface area contributed by atoms with E-state index in [1.165, 1.54) is 10.6 Å². The van der Waals surface area contributed by atoms with E-state index in [-0.39, 0.29) is 11.9 Å². The maximum absolute atomic E-state index is 12.2. The summed E-state index contributed by atoms with van der Waals surface area (Å²) in [5.41, 5.74) is 3.38. The highest BCUT2D eigenvalue weighted by molar-refractivity contribution is 7.92. The standard InChI is InChI=1S/C19H22N2O3S/c1-14-4-3-5-15(12-14)13-19(22)20-16-6-8-17(9-7-16)21(18-10-11-18)25(2,23)24/h3-9,12,18H,10-11,13H2,1-2H3,(H,20,22). The summed E-state index contributed by atoms with van der Waals surface area (Å²) in [6.45, 7) is 1.99. The maximum atomic E-state index is 12.2. The zero-order valence-electron chi connectivity index (χ0n) is 14.4. The summed E-state index contributed by atoms with van der Waals surface area (Å²) >= 11 is 0. The van der Waals surface area contributed by atoms with E-state index in [0.29, 0.717) is 17.8 Å². The Kier molecular flexibility index (Phi) is 4.81. The zero-order chi connectivity index (χ0) is 18.0. The van der Waals surface area contributed by atoms with Crippen LogP contribution in [0.25, 0.3) is 0 Å². The molecule has 0 aliphatic heterocycles. The van der Waals surface area contributed by atoms with Gasteiger partial charge in [-0.3, -0.25) is 9.10 Å². The number of anilines is 2. The molecule has 25 heavy (non-hydrogen) atoms. The van der Waals surface area contributed by atoms with Gasteiger partial charge in [-0.15, -0.1) is 0 Å². The van der Waals surface area contributed by atoms with Crippen LogP contribution in [0.1, 0.15) is 24.0 Å². The third-order valence-electron chi connectivity index (χ3n) is 4.09. The molecule has 1 saturated carbocycles. The molecule has 0 heterocycles. The van der Waals surface area contributed by atoms with Crippen molar-refractivity contribution in [3.8, 4) is 0 Å². The minimum absolute atomic E-state index is 0.0664. The summed E-state index contributed by atoms with van der Waals surface area (Å²) in [6, 6.07) is 14.9. The van der Waals surface area contributed by atoms with Crippen LogP contribution < -0.4 is 9.62 Å². The second-order valence-electron chi connectivity index (χ2n) is 6.55. The Morgan fingerprint density at radius 1 is 1.16 bits per heavy atom. The average Bonchev–Trinajstić information content (AvgIpc) is 3.32. The first-order chi connectivity index (χ1) is 11.8. The van der Waals surface area contributed by atoms with Crippen LogP contribution in [0.3, 0.4) is 0 Å². The Labute approximate surface area is 148 Å². The molecule has 5 nitrogen and oxygen atoms in total. The monoisotopic (exact) mass is 358 g/mol. The topological polar surface area (TPSA) is 66.5 Å². The van der Waals surface area contributed by atoms with Gasteiger partial charge in [-0.1, -0.05) is 29.8 Å². The minimum Gasteiger partial charge on any atom is -0.326 e. The largest absolute Gasteiger partial charge is 0.326 e. The van der Waals surface area contributed by atoms with Crippen molar-refractivity contribution in [3.63, 3.8) is 0 Å². The number of carbonyl (C=O) groups excluding carboxylic acids is 1. The lowest BCUT2D eigenvalue weighted by molar-refractivity contribution is -0.115. The van der Waals surface area contributed by atoms with Gasteiger partial charge in [0.1, 0.15) is 0 Å². The Morgan fingerprint density at radius 3 is 2.40 bits per heavy atom. The Hall–Kier alpha value is -2.34. The fourth-order valence-corrected chi connectivity index (χ4v) is 4.14. The molecule has 0 bridgehead atoms. The van der Waals surface area contributed by atoms with Crippen LogP contribution in [-0.2, 0) is 21.2 Å². The second kappa shape index (κ2) is 6.88. The SMILES string of the molecule is Cc1cccc(CC(=O)Nc2ccc(N(C3CC3)S(C)(=O)=O)cc2)c1. The smallest absolute Gasteiger partial charge is 0.232 e. The molecule has 1 fully saturated rings. The summed E-state index contributed by atoms with van der Waals surface area (Å²) < 4.78 is 25.4. The van der Waals surface area contributed by atoms with E-state index >= 15 is 0 Å². The number of amides is 1. The number of nitrogens with one attached hydrogen (secondary N) is 1. The Balaban J connectivity index is 1.67. The summed E-state index contributed by atoms with van der Waals surface area (Å²) in [7, 11) is -3.29. The van der Waals surface area contributed by atoms with Crippen molar-refractivity contribution in [2.45, 2.75) is 32.2 Å². The first-order valence-corrected chi connectivity index (χ1v) is 10.1.